The lowest BCUT2D eigenvalue weighted by atomic mass is 9.98. The first-order chi connectivity index (χ1) is 14.9. The average Bonchev–Trinajstić information content (AvgIpc) is 3.20. The predicted molar refractivity (Wildman–Crippen MR) is 118 cm³/mol. The summed E-state index contributed by atoms with van der Waals surface area (Å²) in [6.45, 7) is 3.81. The van der Waals surface area contributed by atoms with Crippen molar-refractivity contribution in [3.63, 3.8) is 0 Å². The fraction of sp³-hybridized carbons (Fsp3) is 0.208. The van der Waals surface area contributed by atoms with Gasteiger partial charge in [0.05, 0.1) is 18.3 Å². The SMILES string of the molecule is CNC(=O)c1cccc(Cn2cc(C(C)O)c3cc(-c4conc4C)ccc3c2=O)c1. The Labute approximate surface area is 178 Å². The first-order valence-electron chi connectivity index (χ1n) is 9.96. The van der Waals surface area contributed by atoms with Crippen molar-refractivity contribution in [1.82, 2.24) is 15.0 Å². The summed E-state index contributed by atoms with van der Waals surface area (Å²) in [6.07, 6.45) is 2.48. The van der Waals surface area contributed by atoms with Gasteiger partial charge >= 0.3 is 0 Å². The Balaban J connectivity index is 1.83. The van der Waals surface area contributed by atoms with Crippen LogP contribution in [0.1, 0.15) is 40.2 Å². The van der Waals surface area contributed by atoms with Gasteiger partial charge < -0.3 is 19.5 Å². The van der Waals surface area contributed by atoms with Gasteiger partial charge in [-0.15, -0.1) is 0 Å². The van der Waals surface area contributed by atoms with Crippen LogP contribution >= 0.6 is 0 Å². The summed E-state index contributed by atoms with van der Waals surface area (Å²) < 4.78 is 6.61. The van der Waals surface area contributed by atoms with E-state index in [0.29, 0.717) is 21.9 Å². The number of carbonyl (C=O) groups excluding carboxylic acids is 1. The maximum Gasteiger partial charge on any atom is 0.258 e. The Bertz CT molecular complexity index is 1330. The number of hydrogen-bond acceptors (Lipinski definition) is 5. The molecule has 4 aromatic rings. The van der Waals surface area contributed by atoms with Crippen molar-refractivity contribution in [3.05, 3.63) is 87.7 Å². The van der Waals surface area contributed by atoms with Crippen molar-refractivity contribution >= 4 is 16.7 Å². The minimum absolute atomic E-state index is 0.168. The number of benzene rings is 2. The highest BCUT2D eigenvalue weighted by atomic mass is 16.5. The summed E-state index contributed by atoms with van der Waals surface area (Å²) in [5, 5.41) is 18.1. The molecule has 2 N–H and O–H groups in total. The average molecular weight is 417 g/mol. The maximum atomic E-state index is 13.2. The Morgan fingerprint density at radius 2 is 2.03 bits per heavy atom. The molecule has 2 aromatic carbocycles. The molecule has 0 bridgehead atoms. The van der Waals surface area contributed by atoms with Crippen LogP contribution in [0.5, 0.6) is 0 Å². The molecule has 0 aliphatic rings. The molecule has 1 amide bonds. The van der Waals surface area contributed by atoms with Crippen molar-refractivity contribution in [3.8, 4) is 11.1 Å². The number of fused-ring (bicyclic) bond motifs is 1. The lowest BCUT2D eigenvalue weighted by Gasteiger charge is -2.15. The molecule has 0 saturated carbocycles. The molecule has 2 heterocycles. The van der Waals surface area contributed by atoms with Crippen molar-refractivity contribution in [1.29, 1.82) is 0 Å². The summed E-state index contributed by atoms with van der Waals surface area (Å²) in [5.41, 5.74) is 4.28. The molecule has 31 heavy (non-hydrogen) atoms. The summed E-state index contributed by atoms with van der Waals surface area (Å²) >= 11 is 0. The van der Waals surface area contributed by atoms with E-state index in [4.69, 9.17) is 4.52 Å². The normalized spacial score (nSPS) is 12.1. The lowest BCUT2D eigenvalue weighted by molar-refractivity contribution is 0.0963. The number of carbonyl (C=O) groups is 1. The van der Waals surface area contributed by atoms with Gasteiger partial charge in [0.25, 0.3) is 11.5 Å². The van der Waals surface area contributed by atoms with Gasteiger partial charge in [0.1, 0.15) is 6.26 Å². The number of aromatic nitrogens is 2. The van der Waals surface area contributed by atoms with Gasteiger partial charge in [-0.25, -0.2) is 0 Å². The van der Waals surface area contributed by atoms with Crippen LogP contribution in [-0.2, 0) is 6.54 Å². The third-order valence-corrected chi connectivity index (χ3v) is 5.40. The number of hydrogen-bond donors (Lipinski definition) is 2. The van der Waals surface area contributed by atoms with Gasteiger partial charge in [0.15, 0.2) is 0 Å². The van der Waals surface area contributed by atoms with Crippen LogP contribution in [0, 0.1) is 6.92 Å². The summed E-state index contributed by atoms with van der Waals surface area (Å²) in [7, 11) is 1.58. The van der Waals surface area contributed by atoms with E-state index in [1.165, 1.54) is 0 Å². The molecular formula is C24H23N3O4. The van der Waals surface area contributed by atoms with Gasteiger partial charge in [-0.05, 0) is 54.6 Å². The quantitative estimate of drug-likeness (QED) is 0.519. The molecule has 0 spiro atoms. The number of aryl methyl sites for hydroxylation is 1. The second kappa shape index (κ2) is 8.20. The van der Waals surface area contributed by atoms with E-state index in [0.717, 1.165) is 22.4 Å². The molecule has 0 fully saturated rings. The fourth-order valence-electron chi connectivity index (χ4n) is 3.76. The molecule has 0 aliphatic heterocycles. The van der Waals surface area contributed by atoms with Crippen LogP contribution < -0.4 is 10.9 Å². The molecule has 0 aliphatic carbocycles. The van der Waals surface area contributed by atoms with Gasteiger partial charge in [0.2, 0.25) is 0 Å². The Kier molecular flexibility index (Phi) is 5.44. The third-order valence-electron chi connectivity index (χ3n) is 5.40. The molecule has 158 valence electrons. The molecular weight excluding hydrogens is 394 g/mol. The number of nitrogens with zero attached hydrogens (tertiary/aromatic N) is 2. The van der Waals surface area contributed by atoms with Gasteiger partial charge in [0, 0.05) is 35.3 Å². The zero-order valence-electron chi connectivity index (χ0n) is 17.5. The van der Waals surface area contributed by atoms with Crippen molar-refractivity contribution < 1.29 is 14.4 Å². The Hall–Kier alpha value is -3.71. The molecule has 0 radical (unpaired) electrons. The standard InChI is InChI=1S/C24H23N3O4/c1-14-22(13-31-26-14)17-7-8-19-20(10-17)21(15(2)28)12-27(24(19)30)11-16-5-4-6-18(9-16)23(29)25-3/h4-10,12-13,15,28H,11H2,1-3H3,(H,25,29). The second-order valence-corrected chi connectivity index (χ2v) is 7.55. The van der Waals surface area contributed by atoms with Gasteiger partial charge in [-0.1, -0.05) is 23.4 Å². The van der Waals surface area contributed by atoms with Gasteiger partial charge in [-0.3, -0.25) is 9.59 Å². The monoisotopic (exact) mass is 417 g/mol. The van der Waals surface area contributed by atoms with Gasteiger partial charge in [-0.2, -0.15) is 0 Å². The first-order valence-corrected chi connectivity index (χ1v) is 9.96. The summed E-state index contributed by atoms with van der Waals surface area (Å²) in [6, 6.07) is 12.6. The highest BCUT2D eigenvalue weighted by molar-refractivity contribution is 5.94. The Morgan fingerprint density at radius 3 is 2.71 bits per heavy atom. The highest BCUT2D eigenvalue weighted by Gasteiger charge is 2.15. The van der Waals surface area contributed by atoms with Crippen molar-refractivity contribution in [2.24, 2.45) is 0 Å². The number of amides is 1. The minimum atomic E-state index is -0.773. The molecule has 4 rings (SSSR count). The summed E-state index contributed by atoms with van der Waals surface area (Å²) in [5.74, 6) is -0.186. The van der Waals surface area contributed by atoms with Crippen molar-refractivity contribution in [2.45, 2.75) is 26.5 Å². The predicted octanol–water partition coefficient (Wildman–Crippen LogP) is 3.43. The van der Waals surface area contributed by atoms with Crippen LogP contribution in [0.4, 0.5) is 0 Å². The largest absolute Gasteiger partial charge is 0.389 e. The Morgan fingerprint density at radius 1 is 1.23 bits per heavy atom. The smallest absolute Gasteiger partial charge is 0.258 e. The summed E-state index contributed by atoms with van der Waals surface area (Å²) in [4.78, 5) is 25.2. The molecule has 7 heteroatoms. The van der Waals surface area contributed by atoms with Crippen LogP contribution in [0.3, 0.4) is 0 Å². The van der Waals surface area contributed by atoms with E-state index in [9.17, 15) is 14.7 Å². The van der Waals surface area contributed by atoms with Crippen LogP contribution in [0.15, 0.2) is 64.2 Å². The van der Waals surface area contributed by atoms with E-state index >= 15 is 0 Å². The number of aliphatic hydroxyl groups excluding tert-OH is 1. The molecule has 1 atom stereocenters. The number of pyridine rings is 1. The van der Waals surface area contributed by atoms with Crippen LogP contribution in [0.2, 0.25) is 0 Å². The first kappa shape index (κ1) is 20.6. The van der Waals surface area contributed by atoms with Crippen molar-refractivity contribution in [2.75, 3.05) is 7.05 Å². The van der Waals surface area contributed by atoms with E-state index in [1.54, 1.807) is 55.3 Å². The lowest BCUT2D eigenvalue weighted by Crippen LogP contribution is -2.22. The van der Waals surface area contributed by atoms with E-state index < -0.39 is 6.10 Å². The minimum Gasteiger partial charge on any atom is -0.389 e. The maximum absolute atomic E-state index is 13.2. The van der Waals surface area contributed by atoms with Crippen LogP contribution in [0.25, 0.3) is 21.9 Å². The number of aliphatic hydroxyl groups is 1. The van der Waals surface area contributed by atoms with E-state index in [2.05, 4.69) is 10.5 Å². The van der Waals surface area contributed by atoms with E-state index in [1.807, 2.05) is 25.1 Å². The topological polar surface area (TPSA) is 97.4 Å². The third kappa shape index (κ3) is 3.87. The fourth-order valence-corrected chi connectivity index (χ4v) is 3.76. The van der Waals surface area contributed by atoms with Crippen LogP contribution in [-0.4, -0.2) is 27.8 Å². The molecule has 0 saturated heterocycles. The molecule has 7 nitrogen and oxygen atoms in total. The second-order valence-electron chi connectivity index (χ2n) is 7.55. The molecule has 1 unspecified atom stereocenters. The zero-order chi connectivity index (χ0) is 22.1. The molecule has 2 aromatic heterocycles. The van der Waals surface area contributed by atoms with E-state index in [-0.39, 0.29) is 18.0 Å². The number of rotatable bonds is 5. The highest BCUT2D eigenvalue weighted by Crippen LogP contribution is 2.29. The zero-order valence-corrected chi connectivity index (χ0v) is 17.5. The number of nitrogens with one attached hydrogen (secondary N) is 1.